The molecule has 0 aromatic heterocycles. The number of nitro benzene ring substituents is 1. The van der Waals surface area contributed by atoms with Gasteiger partial charge in [0.25, 0.3) is 5.69 Å². The van der Waals surface area contributed by atoms with Crippen molar-refractivity contribution in [2.45, 2.75) is 6.92 Å². The third-order valence-electron chi connectivity index (χ3n) is 3.37. The molecule has 138 valence electrons. The van der Waals surface area contributed by atoms with Crippen molar-refractivity contribution in [3.63, 3.8) is 0 Å². The number of hydrogen-bond acceptors (Lipinski definition) is 6. The van der Waals surface area contributed by atoms with Crippen LogP contribution in [0.15, 0.2) is 36.4 Å². The SMILES string of the molecule is CCOc1ccc(NC(=S)Nc2ccc(OC)c(OC)c2)c([N+](=O)[O-])c1. The van der Waals surface area contributed by atoms with Gasteiger partial charge in [-0.1, -0.05) is 0 Å². The van der Waals surface area contributed by atoms with Crippen LogP contribution in [0.1, 0.15) is 6.92 Å². The number of nitrogens with one attached hydrogen (secondary N) is 2. The Morgan fingerprint density at radius 2 is 1.85 bits per heavy atom. The average molecular weight is 377 g/mol. The molecule has 0 bridgehead atoms. The minimum Gasteiger partial charge on any atom is -0.494 e. The van der Waals surface area contributed by atoms with Gasteiger partial charge in [0, 0.05) is 11.8 Å². The van der Waals surface area contributed by atoms with E-state index >= 15 is 0 Å². The van der Waals surface area contributed by atoms with E-state index in [-0.39, 0.29) is 16.5 Å². The number of thiocarbonyl (C=S) groups is 1. The maximum Gasteiger partial charge on any atom is 0.296 e. The summed E-state index contributed by atoms with van der Waals surface area (Å²) >= 11 is 5.24. The molecule has 0 spiro atoms. The molecule has 0 saturated heterocycles. The van der Waals surface area contributed by atoms with Crippen molar-refractivity contribution >= 4 is 34.4 Å². The summed E-state index contributed by atoms with van der Waals surface area (Å²) in [4.78, 5) is 10.8. The van der Waals surface area contributed by atoms with Gasteiger partial charge in [0.2, 0.25) is 0 Å². The number of methoxy groups -OCH3 is 2. The number of rotatable bonds is 7. The third-order valence-corrected chi connectivity index (χ3v) is 3.57. The Bertz CT molecular complexity index is 813. The molecule has 2 N–H and O–H groups in total. The number of nitro groups is 1. The Hall–Kier alpha value is -3.07. The molecule has 2 aromatic carbocycles. The first-order valence-electron chi connectivity index (χ1n) is 7.69. The fourth-order valence-corrected chi connectivity index (χ4v) is 2.45. The van der Waals surface area contributed by atoms with E-state index < -0.39 is 4.92 Å². The quantitative estimate of drug-likeness (QED) is 0.427. The standard InChI is InChI=1S/C17H19N3O5S/c1-4-25-12-6-7-13(14(10-12)20(21)22)19-17(26)18-11-5-8-15(23-2)16(9-11)24-3/h5-10H,4H2,1-3H3,(H2,18,19,26). The molecule has 0 unspecified atom stereocenters. The molecule has 9 heteroatoms. The Labute approximate surface area is 156 Å². The van der Waals surface area contributed by atoms with E-state index in [0.717, 1.165) is 0 Å². The molecule has 0 atom stereocenters. The average Bonchev–Trinajstić information content (AvgIpc) is 2.62. The molecular weight excluding hydrogens is 358 g/mol. The first kappa shape index (κ1) is 19.3. The van der Waals surface area contributed by atoms with Crippen LogP contribution in [0.5, 0.6) is 17.2 Å². The predicted octanol–water partition coefficient (Wildman–Crippen LogP) is 3.82. The fourth-order valence-electron chi connectivity index (χ4n) is 2.22. The van der Waals surface area contributed by atoms with Gasteiger partial charge in [0.1, 0.15) is 11.4 Å². The summed E-state index contributed by atoms with van der Waals surface area (Å²) in [6.07, 6.45) is 0. The monoisotopic (exact) mass is 377 g/mol. The minimum atomic E-state index is -0.496. The van der Waals surface area contributed by atoms with Crippen LogP contribution in [0.3, 0.4) is 0 Å². The predicted molar refractivity (Wildman–Crippen MR) is 104 cm³/mol. The molecule has 2 aromatic rings. The van der Waals surface area contributed by atoms with Gasteiger partial charge in [0.05, 0.1) is 31.8 Å². The Morgan fingerprint density at radius 1 is 1.12 bits per heavy atom. The van der Waals surface area contributed by atoms with Crippen LogP contribution >= 0.6 is 12.2 Å². The van der Waals surface area contributed by atoms with Crippen molar-refractivity contribution in [3.8, 4) is 17.2 Å². The molecule has 0 fully saturated rings. The smallest absolute Gasteiger partial charge is 0.296 e. The highest BCUT2D eigenvalue weighted by Gasteiger charge is 2.16. The zero-order valence-electron chi connectivity index (χ0n) is 14.6. The van der Waals surface area contributed by atoms with Crippen molar-refractivity contribution < 1.29 is 19.1 Å². The normalized spacial score (nSPS) is 9.96. The number of anilines is 2. The maximum atomic E-state index is 11.3. The molecule has 0 amide bonds. The third kappa shape index (κ3) is 4.73. The van der Waals surface area contributed by atoms with Crippen LogP contribution in [-0.4, -0.2) is 30.9 Å². The van der Waals surface area contributed by atoms with Crippen molar-refractivity contribution in [2.24, 2.45) is 0 Å². The lowest BCUT2D eigenvalue weighted by atomic mass is 10.2. The van der Waals surface area contributed by atoms with Crippen LogP contribution in [0.2, 0.25) is 0 Å². The number of nitrogens with zero attached hydrogens (tertiary/aromatic N) is 1. The second-order valence-electron chi connectivity index (χ2n) is 5.02. The van der Waals surface area contributed by atoms with Crippen LogP contribution in [0.4, 0.5) is 17.1 Å². The molecule has 8 nitrogen and oxygen atoms in total. The first-order chi connectivity index (χ1) is 12.5. The lowest BCUT2D eigenvalue weighted by Crippen LogP contribution is -2.19. The van der Waals surface area contributed by atoms with Crippen LogP contribution in [0, 0.1) is 10.1 Å². The summed E-state index contributed by atoms with van der Waals surface area (Å²) in [5.41, 5.74) is 0.776. The van der Waals surface area contributed by atoms with E-state index in [0.29, 0.717) is 29.5 Å². The van der Waals surface area contributed by atoms with Crippen molar-refractivity contribution in [1.82, 2.24) is 0 Å². The molecule has 0 saturated carbocycles. The highest BCUT2D eigenvalue weighted by molar-refractivity contribution is 7.80. The highest BCUT2D eigenvalue weighted by atomic mass is 32.1. The van der Waals surface area contributed by atoms with Crippen molar-refractivity contribution in [3.05, 3.63) is 46.5 Å². The second-order valence-corrected chi connectivity index (χ2v) is 5.43. The Kier molecular flexibility index (Phi) is 6.56. The molecule has 26 heavy (non-hydrogen) atoms. The van der Waals surface area contributed by atoms with Gasteiger partial charge < -0.3 is 24.8 Å². The van der Waals surface area contributed by atoms with E-state index in [1.54, 1.807) is 44.4 Å². The zero-order valence-corrected chi connectivity index (χ0v) is 15.4. The number of ether oxygens (including phenoxy) is 3. The van der Waals surface area contributed by atoms with Gasteiger partial charge in [-0.15, -0.1) is 0 Å². The molecule has 0 aliphatic heterocycles. The summed E-state index contributed by atoms with van der Waals surface area (Å²) in [6, 6.07) is 9.72. The number of benzene rings is 2. The van der Waals surface area contributed by atoms with Crippen LogP contribution in [-0.2, 0) is 0 Å². The van der Waals surface area contributed by atoms with E-state index in [9.17, 15) is 10.1 Å². The molecule has 2 rings (SSSR count). The topological polar surface area (TPSA) is 94.9 Å². The van der Waals surface area contributed by atoms with Crippen molar-refractivity contribution in [2.75, 3.05) is 31.5 Å². The summed E-state index contributed by atoms with van der Waals surface area (Å²) in [7, 11) is 3.07. The van der Waals surface area contributed by atoms with E-state index in [1.165, 1.54) is 13.2 Å². The van der Waals surface area contributed by atoms with Crippen LogP contribution < -0.4 is 24.8 Å². The largest absolute Gasteiger partial charge is 0.494 e. The van der Waals surface area contributed by atoms with Crippen molar-refractivity contribution in [1.29, 1.82) is 0 Å². The zero-order chi connectivity index (χ0) is 19.1. The molecular formula is C17H19N3O5S. The summed E-state index contributed by atoms with van der Waals surface area (Å²) in [5.74, 6) is 1.54. The van der Waals surface area contributed by atoms with E-state index in [2.05, 4.69) is 10.6 Å². The first-order valence-corrected chi connectivity index (χ1v) is 8.10. The fraction of sp³-hybridized carbons (Fsp3) is 0.235. The minimum absolute atomic E-state index is 0.132. The van der Waals surface area contributed by atoms with Gasteiger partial charge in [-0.25, -0.2) is 0 Å². The van der Waals surface area contributed by atoms with Gasteiger partial charge in [-0.3, -0.25) is 10.1 Å². The number of hydrogen-bond donors (Lipinski definition) is 2. The highest BCUT2D eigenvalue weighted by Crippen LogP contribution is 2.31. The van der Waals surface area contributed by atoms with E-state index in [4.69, 9.17) is 26.4 Å². The lowest BCUT2D eigenvalue weighted by Gasteiger charge is -2.13. The maximum absolute atomic E-state index is 11.3. The summed E-state index contributed by atoms with van der Waals surface area (Å²) in [5, 5.41) is 17.3. The van der Waals surface area contributed by atoms with Gasteiger partial charge in [-0.05, 0) is 43.4 Å². The Morgan fingerprint density at radius 3 is 2.46 bits per heavy atom. The molecule has 0 heterocycles. The second kappa shape index (κ2) is 8.86. The van der Waals surface area contributed by atoms with Crippen LogP contribution in [0.25, 0.3) is 0 Å². The summed E-state index contributed by atoms with van der Waals surface area (Å²) < 4.78 is 15.7. The molecule has 0 radical (unpaired) electrons. The molecule has 0 aliphatic carbocycles. The summed E-state index contributed by atoms with van der Waals surface area (Å²) in [6.45, 7) is 2.23. The van der Waals surface area contributed by atoms with E-state index in [1.807, 2.05) is 0 Å². The van der Waals surface area contributed by atoms with Gasteiger partial charge >= 0.3 is 0 Å². The molecule has 0 aliphatic rings. The van der Waals surface area contributed by atoms with Gasteiger partial charge in [0.15, 0.2) is 16.6 Å². The lowest BCUT2D eigenvalue weighted by molar-refractivity contribution is -0.384. The van der Waals surface area contributed by atoms with Gasteiger partial charge in [-0.2, -0.15) is 0 Å². The Balaban J connectivity index is 2.16.